The summed E-state index contributed by atoms with van der Waals surface area (Å²) in [4.78, 5) is 25.5. The minimum atomic E-state index is -0.180. The van der Waals surface area contributed by atoms with E-state index in [9.17, 15) is 9.59 Å². The highest BCUT2D eigenvalue weighted by atomic mass is 16.5. The summed E-state index contributed by atoms with van der Waals surface area (Å²) in [6, 6.07) is 7.34. The van der Waals surface area contributed by atoms with Crippen LogP contribution in [0.4, 0.5) is 16.2 Å². The molecule has 0 unspecified atom stereocenters. The molecule has 1 heterocycles. The van der Waals surface area contributed by atoms with Crippen molar-refractivity contribution in [3.8, 4) is 0 Å². The summed E-state index contributed by atoms with van der Waals surface area (Å²) in [7, 11) is 1.72. The van der Waals surface area contributed by atoms with Crippen LogP contribution < -0.4 is 15.5 Å². The number of urea groups is 1. The number of anilines is 2. The number of hydrogen-bond acceptors (Lipinski definition) is 3. The molecule has 6 heteroatoms. The van der Waals surface area contributed by atoms with Crippen LogP contribution in [0.5, 0.6) is 0 Å². The van der Waals surface area contributed by atoms with E-state index in [0.29, 0.717) is 5.69 Å². The predicted octanol–water partition coefficient (Wildman–Crippen LogP) is 3.14. The highest BCUT2D eigenvalue weighted by Gasteiger charge is 2.44. The third-order valence-corrected chi connectivity index (χ3v) is 5.66. The Balaban J connectivity index is 1.63. The fraction of sp³-hybridized carbons (Fsp3) is 0.579. The summed E-state index contributed by atoms with van der Waals surface area (Å²) in [5, 5.41) is 6.08. The Morgan fingerprint density at radius 1 is 1.24 bits per heavy atom. The van der Waals surface area contributed by atoms with Gasteiger partial charge in [0.2, 0.25) is 5.91 Å². The van der Waals surface area contributed by atoms with E-state index in [1.807, 2.05) is 18.2 Å². The van der Waals surface area contributed by atoms with Crippen molar-refractivity contribution in [2.45, 2.75) is 45.1 Å². The number of hydrogen-bond donors (Lipinski definition) is 2. The molecular formula is C19H27N3O3. The minimum Gasteiger partial charge on any atom is -0.381 e. The second kappa shape index (κ2) is 7.44. The number of rotatable bonds is 3. The van der Waals surface area contributed by atoms with E-state index in [-0.39, 0.29) is 23.4 Å². The van der Waals surface area contributed by atoms with Gasteiger partial charge in [-0.3, -0.25) is 4.79 Å². The second-order valence-electron chi connectivity index (χ2n) is 7.15. The molecule has 136 valence electrons. The molecule has 1 spiro atoms. The fourth-order valence-electron chi connectivity index (χ4n) is 4.04. The van der Waals surface area contributed by atoms with E-state index in [1.54, 1.807) is 18.0 Å². The first-order chi connectivity index (χ1) is 12.0. The van der Waals surface area contributed by atoms with E-state index < -0.39 is 0 Å². The molecule has 1 aliphatic carbocycles. The molecule has 1 aromatic carbocycles. The van der Waals surface area contributed by atoms with Gasteiger partial charge in [0.1, 0.15) is 0 Å². The first-order valence-corrected chi connectivity index (χ1v) is 9.00. The maximum atomic E-state index is 12.5. The van der Waals surface area contributed by atoms with Gasteiger partial charge < -0.3 is 20.3 Å². The largest absolute Gasteiger partial charge is 0.381 e. The summed E-state index contributed by atoms with van der Waals surface area (Å²) < 4.78 is 5.50. The van der Waals surface area contributed by atoms with Gasteiger partial charge in [0, 0.05) is 44.6 Å². The molecule has 1 aromatic rings. The highest BCUT2D eigenvalue weighted by molar-refractivity contribution is 5.93. The molecule has 0 aromatic heterocycles. The monoisotopic (exact) mass is 345 g/mol. The Kier molecular flexibility index (Phi) is 5.27. The Morgan fingerprint density at radius 2 is 2.00 bits per heavy atom. The zero-order valence-electron chi connectivity index (χ0n) is 15.0. The molecule has 2 aliphatic rings. The highest BCUT2D eigenvalue weighted by Crippen LogP contribution is 2.45. The average Bonchev–Trinajstić information content (AvgIpc) is 2.96. The van der Waals surface area contributed by atoms with Crippen LogP contribution in [-0.2, 0) is 9.53 Å². The van der Waals surface area contributed by atoms with Crippen LogP contribution in [0.3, 0.4) is 0 Å². The average molecular weight is 345 g/mol. The summed E-state index contributed by atoms with van der Waals surface area (Å²) in [6.07, 6.45) is 5.40. The fourth-order valence-corrected chi connectivity index (χ4v) is 4.04. The Morgan fingerprint density at radius 3 is 2.72 bits per heavy atom. The van der Waals surface area contributed by atoms with Crippen molar-refractivity contribution < 1.29 is 14.3 Å². The van der Waals surface area contributed by atoms with Gasteiger partial charge in [0.15, 0.2) is 0 Å². The van der Waals surface area contributed by atoms with E-state index in [0.717, 1.165) is 44.6 Å². The third-order valence-electron chi connectivity index (χ3n) is 5.66. The molecule has 0 radical (unpaired) electrons. The van der Waals surface area contributed by atoms with Crippen molar-refractivity contribution in [2.24, 2.45) is 5.41 Å². The van der Waals surface area contributed by atoms with E-state index in [2.05, 4.69) is 10.6 Å². The maximum Gasteiger partial charge on any atom is 0.319 e. The molecular weight excluding hydrogens is 318 g/mol. The number of nitrogens with one attached hydrogen (secondary N) is 2. The predicted molar refractivity (Wildman–Crippen MR) is 97.8 cm³/mol. The molecule has 1 aliphatic heterocycles. The molecule has 1 saturated heterocycles. The van der Waals surface area contributed by atoms with Gasteiger partial charge in [-0.25, -0.2) is 4.79 Å². The van der Waals surface area contributed by atoms with E-state index >= 15 is 0 Å². The van der Waals surface area contributed by atoms with Crippen LogP contribution in [0, 0.1) is 5.41 Å². The van der Waals surface area contributed by atoms with Crippen molar-refractivity contribution in [2.75, 3.05) is 30.5 Å². The molecule has 1 saturated carbocycles. The van der Waals surface area contributed by atoms with Gasteiger partial charge >= 0.3 is 6.03 Å². The number of amides is 3. The van der Waals surface area contributed by atoms with Crippen molar-refractivity contribution in [3.05, 3.63) is 24.3 Å². The van der Waals surface area contributed by atoms with Gasteiger partial charge in [0.25, 0.3) is 0 Å². The number of carbonyl (C=O) groups excluding carboxylic acids is 2. The maximum absolute atomic E-state index is 12.5. The molecule has 2 fully saturated rings. The lowest BCUT2D eigenvalue weighted by atomic mass is 9.75. The molecule has 3 amide bonds. The van der Waals surface area contributed by atoms with Gasteiger partial charge in [-0.1, -0.05) is 12.5 Å². The number of ether oxygens (including phenoxy) is 1. The van der Waals surface area contributed by atoms with Crippen LogP contribution in [0.15, 0.2) is 24.3 Å². The Hall–Kier alpha value is -2.08. The van der Waals surface area contributed by atoms with Crippen LogP contribution in [0.2, 0.25) is 0 Å². The lowest BCUT2D eigenvalue weighted by Crippen LogP contribution is -2.48. The topological polar surface area (TPSA) is 70.7 Å². The standard InChI is InChI=1S/C19H27N3O3/c1-14(23)22(2)16-6-3-5-15(13-16)20-18(24)21-17-7-4-8-19(17)9-11-25-12-10-19/h3,5-6,13,17H,4,7-12H2,1-2H3,(H2,20,21,24)/t17-/m1/s1. The summed E-state index contributed by atoms with van der Waals surface area (Å²) >= 11 is 0. The Labute approximate surface area is 148 Å². The zero-order chi connectivity index (χ0) is 17.9. The minimum absolute atomic E-state index is 0.0472. The third kappa shape index (κ3) is 3.95. The summed E-state index contributed by atoms with van der Waals surface area (Å²) in [5.74, 6) is -0.0472. The number of nitrogens with zero attached hydrogens (tertiary/aromatic N) is 1. The van der Waals surface area contributed by atoms with Crippen molar-refractivity contribution in [1.82, 2.24) is 5.32 Å². The quantitative estimate of drug-likeness (QED) is 0.884. The van der Waals surface area contributed by atoms with Gasteiger partial charge in [0.05, 0.1) is 0 Å². The number of carbonyl (C=O) groups is 2. The molecule has 2 N–H and O–H groups in total. The summed E-state index contributed by atoms with van der Waals surface area (Å²) in [5.41, 5.74) is 1.64. The molecule has 6 nitrogen and oxygen atoms in total. The second-order valence-corrected chi connectivity index (χ2v) is 7.15. The van der Waals surface area contributed by atoms with Crippen molar-refractivity contribution >= 4 is 23.3 Å². The van der Waals surface area contributed by atoms with Crippen molar-refractivity contribution in [1.29, 1.82) is 0 Å². The molecule has 3 rings (SSSR count). The first-order valence-electron chi connectivity index (χ1n) is 9.00. The van der Waals surface area contributed by atoms with Crippen LogP contribution in [0.1, 0.15) is 39.0 Å². The van der Waals surface area contributed by atoms with E-state index in [1.165, 1.54) is 13.3 Å². The summed E-state index contributed by atoms with van der Waals surface area (Å²) in [6.45, 7) is 3.10. The van der Waals surface area contributed by atoms with Gasteiger partial charge in [-0.2, -0.15) is 0 Å². The molecule has 0 bridgehead atoms. The lowest BCUT2D eigenvalue weighted by molar-refractivity contribution is -0.116. The molecule has 1 atom stereocenters. The van der Waals surface area contributed by atoms with Crippen molar-refractivity contribution in [3.63, 3.8) is 0 Å². The molecule has 25 heavy (non-hydrogen) atoms. The van der Waals surface area contributed by atoms with Gasteiger partial charge in [-0.05, 0) is 49.3 Å². The first kappa shape index (κ1) is 17.7. The van der Waals surface area contributed by atoms with Gasteiger partial charge in [-0.15, -0.1) is 0 Å². The van der Waals surface area contributed by atoms with E-state index in [4.69, 9.17) is 4.74 Å². The van der Waals surface area contributed by atoms with Crippen LogP contribution in [-0.4, -0.2) is 38.2 Å². The normalized spacial score (nSPS) is 21.8. The smallest absolute Gasteiger partial charge is 0.319 e. The zero-order valence-corrected chi connectivity index (χ0v) is 15.0. The van der Waals surface area contributed by atoms with Crippen LogP contribution >= 0.6 is 0 Å². The van der Waals surface area contributed by atoms with Crippen LogP contribution in [0.25, 0.3) is 0 Å². The lowest BCUT2D eigenvalue weighted by Gasteiger charge is -2.39. The Bertz CT molecular complexity index is 641. The number of benzene rings is 1. The SMILES string of the molecule is CC(=O)N(C)c1cccc(NC(=O)N[C@@H]2CCCC23CCOCC3)c1.